The minimum Gasteiger partial charge on any atom is -0.368 e. The summed E-state index contributed by atoms with van der Waals surface area (Å²) in [6.45, 7) is 4.30. The molecule has 1 aliphatic rings. The van der Waals surface area contributed by atoms with Crippen LogP contribution in [0.4, 0.5) is 0 Å². The number of benzene rings is 3. The van der Waals surface area contributed by atoms with Gasteiger partial charge >= 0.3 is 0 Å². The zero-order chi connectivity index (χ0) is 20.2. The molecule has 3 aromatic carbocycles. The summed E-state index contributed by atoms with van der Waals surface area (Å²) in [7, 11) is 0. The highest BCUT2D eigenvalue weighted by atomic mass is 15.4. The Bertz CT molecular complexity index is 1010. The fourth-order valence-electron chi connectivity index (χ4n) is 3.98. The lowest BCUT2D eigenvalue weighted by Crippen LogP contribution is -2.29. The van der Waals surface area contributed by atoms with Crippen LogP contribution in [0.2, 0.25) is 0 Å². The average Bonchev–Trinajstić information content (AvgIpc) is 3.20. The summed E-state index contributed by atoms with van der Waals surface area (Å²) in [5, 5.41) is 4.62. The molecule has 4 nitrogen and oxygen atoms in total. The molecule has 0 saturated heterocycles. The SMILES string of the molecule is Cc1ccc(C)c2c1CC/C2=N\NC(N)=NC(c1ccccc1)c1ccccc1. The summed E-state index contributed by atoms with van der Waals surface area (Å²) in [5.41, 5.74) is 17.7. The van der Waals surface area contributed by atoms with Crippen LogP contribution in [0.15, 0.2) is 82.9 Å². The third-order valence-electron chi connectivity index (χ3n) is 5.46. The van der Waals surface area contributed by atoms with Crippen LogP contribution >= 0.6 is 0 Å². The molecule has 0 amide bonds. The fourth-order valence-corrected chi connectivity index (χ4v) is 3.98. The minimum atomic E-state index is -0.176. The Hall–Kier alpha value is -3.40. The molecule has 3 aromatic rings. The minimum absolute atomic E-state index is 0.176. The highest BCUT2D eigenvalue weighted by Crippen LogP contribution is 2.28. The van der Waals surface area contributed by atoms with Crippen molar-refractivity contribution in [3.63, 3.8) is 0 Å². The highest BCUT2D eigenvalue weighted by molar-refractivity contribution is 6.06. The van der Waals surface area contributed by atoms with Gasteiger partial charge in [0.2, 0.25) is 5.96 Å². The first-order chi connectivity index (χ1) is 14.1. The van der Waals surface area contributed by atoms with Crippen molar-refractivity contribution in [3.05, 3.63) is 106 Å². The molecule has 0 spiro atoms. The van der Waals surface area contributed by atoms with Crippen molar-refractivity contribution in [2.75, 3.05) is 0 Å². The van der Waals surface area contributed by atoms with E-state index in [1.165, 1.54) is 22.3 Å². The lowest BCUT2D eigenvalue weighted by atomic mass is 9.99. The molecular weight excluding hydrogens is 356 g/mol. The van der Waals surface area contributed by atoms with Crippen LogP contribution in [0.3, 0.4) is 0 Å². The van der Waals surface area contributed by atoms with Crippen molar-refractivity contribution in [3.8, 4) is 0 Å². The van der Waals surface area contributed by atoms with Crippen LogP contribution in [0, 0.1) is 13.8 Å². The quantitative estimate of drug-likeness (QED) is 0.392. The molecule has 4 rings (SSSR count). The molecule has 29 heavy (non-hydrogen) atoms. The molecule has 4 heteroatoms. The third-order valence-corrected chi connectivity index (χ3v) is 5.46. The van der Waals surface area contributed by atoms with Crippen LogP contribution in [0.5, 0.6) is 0 Å². The molecule has 1 aliphatic carbocycles. The number of hydrazone groups is 1. The molecule has 0 fully saturated rings. The van der Waals surface area contributed by atoms with E-state index in [9.17, 15) is 0 Å². The molecule has 0 aliphatic heterocycles. The predicted molar refractivity (Wildman–Crippen MR) is 120 cm³/mol. The Morgan fingerprint density at radius 2 is 1.41 bits per heavy atom. The van der Waals surface area contributed by atoms with Gasteiger partial charge in [0.1, 0.15) is 6.04 Å². The van der Waals surface area contributed by atoms with E-state index in [2.05, 4.69) is 60.8 Å². The molecule has 0 unspecified atom stereocenters. The van der Waals surface area contributed by atoms with Gasteiger partial charge in [-0.2, -0.15) is 5.10 Å². The molecule has 0 aromatic heterocycles. The third kappa shape index (κ3) is 4.06. The number of aryl methyl sites for hydroxylation is 2. The monoisotopic (exact) mass is 382 g/mol. The van der Waals surface area contributed by atoms with Gasteiger partial charge in [-0.1, -0.05) is 72.8 Å². The number of nitrogens with one attached hydrogen (secondary N) is 1. The van der Waals surface area contributed by atoms with Gasteiger partial charge in [0.25, 0.3) is 0 Å². The average molecular weight is 383 g/mol. The van der Waals surface area contributed by atoms with Gasteiger partial charge in [0.05, 0.1) is 5.71 Å². The lowest BCUT2D eigenvalue weighted by molar-refractivity contribution is 0.845. The number of aliphatic imine (C=N–C) groups is 1. The van der Waals surface area contributed by atoms with Gasteiger partial charge in [-0.25, -0.2) is 10.4 Å². The summed E-state index contributed by atoms with van der Waals surface area (Å²) >= 11 is 0. The number of rotatable bonds is 4. The van der Waals surface area contributed by atoms with Crippen LogP contribution in [0.25, 0.3) is 0 Å². The van der Waals surface area contributed by atoms with E-state index in [0.29, 0.717) is 5.96 Å². The van der Waals surface area contributed by atoms with E-state index in [1.54, 1.807) is 0 Å². The van der Waals surface area contributed by atoms with Crippen LogP contribution in [-0.2, 0) is 6.42 Å². The van der Waals surface area contributed by atoms with Crippen molar-refractivity contribution in [1.82, 2.24) is 5.43 Å². The number of guanidine groups is 1. The Balaban J connectivity index is 1.61. The molecule has 0 atom stereocenters. The molecule has 0 bridgehead atoms. The number of nitrogens with two attached hydrogens (primary N) is 1. The Morgan fingerprint density at radius 3 is 2.03 bits per heavy atom. The number of nitrogens with zero attached hydrogens (tertiary/aromatic N) is 2. The predicted octanol–water partition coefficient (Wildman–Crippen LogP) is 4.65. The summed E-state index contributed by atoms with van der Waals surface area (Å²) < 4.78 is 0. The standard InChI is InChI=1S/C25H26N4/c1-17-13-14-18(2)23-21(17)15-16-22(23)28-29-25(26)27-24(19-9-5-3-6-10-19)20-11-7-4-8-12-20/h3-14,24H,15-16H2,1-2H3,(H3,26,27,29)/b28-22+. The van der Waals surface area contributed by atoms with E-state index >= 15 is 0 Å². The van der Waals surface area contributed by atoms with E-state index in [0.717, 1.165) is 29.7 Å². The van der Waals surface area contributed by atoms with E-state index < -0.39 is 0 Å². The Morgan fingerprint density at radius 1 is 0.828 bits per heavy atom. The maximum Gasteiger partial charge on any atom is 0.210 e. The molecule has 146 valence electrons. The number of hydrogen-bond donors (Lipinski definition) is 2. The molecule has 0 radical (unpaired) electrons. The zero-order valence-corrected chi connectivity index (χ0v) is 16.9. The highest BCUT2D eigenvalue weighted by Gasteiger charge is 2.21. The first-order valence-corrected chi connectivity index (χ1v) is 9.98. The van der Waals surface area contributed by atoms with Gasteiger partial charge in [0, 0.05) is 5.56 Å². The molecule has 3 N–H and O–H groups in total. The van der Waals surface area contributed by atoms with Crippen molar-refractivity contribution in [1.29, 1.82) is 0 Å². The summed E-state index contributed by atoms with van der Waals surface area (Å²) in [4.78, 5) is 4.75. The van der Waals surface area contributed by atoms with Crippen molar-refractivity contribution in [2.45, 2.75) is 32.7 Å². The van der Waals surface area contributed by atoms with Gasteiger partial charge < -0.3 is 5.73 Å². The van der Waals surface area contributed by atoms with Gasteiger partial charge in [-0.15, -0.1) is 0 Å². The summed E-state index contributed by atoms with van der Waals surface area (Å²) in [6.07, 6.45) is 1.94. The van der Waals surface area contributed by atoms with E-state index in [4.69, 9.17) is 10.7 Å². The second-order valence-corrected chi connectivity index (χ2v) is 7.46. The van der Waals surface area contributed by atoms with Crippen molar-refractivity contribution in [2.24, 2.45) is 15.8 Å². The van der Waals surface area contributed by atoms with Crippen molar-refractivity contribution >= 4 is 11.7 Å². The maximum atomic E-state index is 6.25. The first-order valence-electron chi connectivity index (χ1n) is 9.98. The second kappa shape index (κ2) is 8.31. The van der Waals surface area contributed by atoms with Gasteiger partial charge in [-0.3, -0.25) is 0 Å². The summed E-state index contributed by atoms with van der Waals surface area (Å²) in [6, 6.07) is 24.5. The first kappa shape index (κ1) is 18.9. The molecule has 0 heterocycles. The summed E-state index contributed by atoms with van der Waals surface area (Å²) in [5.74, 6) is 0.314. The van der Waals surface area contributed by atoms with E-state index in [-0.39, 0.29) is 6.04 Å². The lowest BCUT2D eigenvalue weighted by Gasteiger charge is -2.15. The van der Waals surface area contributed by atoms with Gasteiger partial charge in [0.15, 0.2) is 0 Å². The van der Waals surface area contributed by atoms with E-state index in [1.807, 2.05) is 36.4 Å². The Kier molecular flexibility index (Phi) is 5.43. The topological polar surface area (TPSA) is 62.8 Å². The normalized spacial score (nSPS) is 15.0. The molecular formula is C25H26N4. The zero-order valence-electron chi connectivity index (χ0n) is 16.9. The maximum absolute atomic E-state index is 6.25. The van der Waals surface area contributed by atoms with Crippen LogP contribution < -0.4 is 11.2 Å². The van der Waals surface area contributed by atoms with Gasteiger partial charge in [-0.05, 0) is 54.5 Å². The largest absolute Gasteiger partial charge is 0.368 e. The smallest absolute Gasteiger partial charge is 0.210 e. The number of fused-ring (bicyclic) bond motifs is 1. The second-order valence-electron chi connectivity index (χ2n) is 7.46. The van der Waals surface area contributed by atoms with Crippen LogP contribution in [0.1, 0.15) is 45.8 Å². The molecule has 0 saturated carbocycles. The fraction of sp³-hybridized carbons (Fsp3) is 0.200. The number of hydrogen-bond acceptors (Lipinski definition) is 2. The van der Waals surface area contributed by atoms with Crippen molar-refractivity contribution < 1.29 is 0 Å². The Labute approximate surface area is 172 Å². The van der Waals surface area contributed by atoms with Crippen LogP contribution in [-0.4, -0.2) is 11.7 Å².